The van der Waals surface area contributed by atoms with Crippen molar-refractivity contribution < 1.29 is 17.9 Å². The monoisotopic (exact) mass is 279 g/mol. The molecule has 0 saturated carbocycles. The number of likely N-dealkylation sites (N-methyl/N-ethyl adjacent to an activating group) is 2. The number of morpholine rings is 1. The first-order valence-corrected chi connectivity index (χ1v) is 7.24. The van der Waals surface area contributed by atoms with Crippen LogP contribution < -0.4 is 5.32 Å². The molecule has 0 unspecified atom stereocenters. The molecule has 1 saturated heterocycles. The molecule has 18 heavy (non-hydrogen) atoms. The predicted octanol–water partition coefficient (Wildman–Crippen LogP) is -0.982. The Bertz CT molecular complexity index is 388. The Morgan fingerprint density at radius 3 is 2.33 bits per heavy atom. The Labute approximate surface area is 108 Å². The maximum Gasteiger partial charge on any atom is 0.282 e. The van der Waals surface area contributed by atoms with Gasteiger partial charge in [-0.3, -0.25) is 4.79 Å². The lowest BCUT2D eigenvalue weighted by molar-refractivity contribution is -0.120. The van der Waals surface area contributed by atoms with Crippen molar-refractivity contribution in [2.75, 3.05) is 33.7 Å². The maximum atomic E-state index is 12.2. The van der Waals surface area contributed by atoms with Gasteiger partial charge in [0, 0.05) is 27.2 Å². The minimum Gasteiger partial charge on any atom is -0.373 e. The van der Waals surface area contributed by atoms with Crippen LogP contribution in [0.25, 0.3) is 0 Å². The van der Waals surface area contributed by atoms with E-state index >= 15 is 0 Å². The van der Waals surface area contributed by atoms with E-state index in [1.165, 1.54) is 18.4 Å². The van der Waals surface area contributed by atoms with E-state index in [0.717, 1.165) is 4.31 Å². The van der Waals surface area contributed by atoms with Gasteiger partial charge in [0.2, 0.25) is 5.91 Å². The van der Waals surface area contributed by atoms with Crippen LogP contribution in [-0.2, 0) is 19.7 Å². The fourth-order valence-electron chi connectivity index (χ4n) is 1.88. The van der Waals surface area contributed by atoms with Gasteiger partial charge in [-0.2, -0.15) is 17.0 Å². The van der Waals surface area contributed by atoms with Gasteiger partial charge in [0.25, 0.3) is 10.2 Å². The van der Waals surface area contributed by atoms with E-state index in [2.05, 4.69) is 5.32 Å². The van der Waals surface area contributed by atoms with Crippen LogP contribution in [0.15, 0.2) is 0 Å². The average Bonchev–Trinajstić information content (AvgIpc) is 2.27. The molecule has 0 aromatic rings. The number of carbonyl (C=O) groups excluding carboxylic acids is 1. The highest BCUT2D eigenvalue weighted by Gasteiger charge is 2.34. The smallest absolute Gasteiger partial charge is 0.282 e. The van der Waals surface area contributed by atoms with Crippen molar-refractivity contribution in [2.24, 2.45) is 0 Å². The summed E-state index contributed by atoms with van der Waals surface area (Å²) in [5.74, 6) is -0.338. The Kier molecular flexibility index (Phi) is 5.09. The summed E-state index contributed by atoms with van der Waals surface area (Å²) in [6.45, 7) is 4.10. The number of nitrogens with zero attached hydrogens (tertiary/aromatic N) is 2. The first-order valence-electron chi connectivity index (χ1n) is 5.84. The fourth-order valence-corrected chi connectivity index (χ4v) is 3.35. The number of hydrogen-bond donors (Lipinski definition) is 1. The molecule has 1 fully saturated rings. The second kappa shape index (κ2) is 5.96. The highest BCUT2D eigenvalue weighted by molar-refractivity contribution is 7.86. The van der Waals surface area contributed by atoms with E-state index < -0.39 is 10.2 Å². The number of hydrogen-bond acceptors (Lipinski definition) is 4. The van der Waals surface area contributed by atoms with Crippen molar-refractivity contribution in [1.29, 1.82) is 0 Å². The van der Waals surface area contributed by atoms with E-state index in [1.54, 1.807) is 0 Å². The van der Waals surface area contributed by atoms with E-state index in [9.17, 15) is 13.2 Å². The number of carbonyl (C=O) groups is 1. The van der Waals surface area contributed by atoms with Crippen LogP contribution in [-0.4, -0.2) is 68.9 Å². The summed E-state index contributed by atoms with van der Waals surface area (Å²) < 4.78 is 32.4. The van der Waals surface area contributed by atoms with Gasteiger partial charge >= 0.3 is 0 Å². The third-order valence-electron chi connectivity index (χ3n) is 2.75. The summed E-state index contributed by atoms with van der Waals surface area (Å²) in [6, 6.07) is 0. The molecule has 8 heteroatoms. The summed E-state index contributed by atoms with van der Waals surface area (Å²) in [5, 5.41) is 2.40. The summed E-state index contributed by atoms with van der Waals surface area (Å²) in [7, 11) is -0.735. The highest BCUT2D eigenvalue weighted by atomic mass is 32.2. The van der Waals surface area contributed by atoms with Crippen LogP contribution in [0.3, 0.4) is 0 Å². The molecule has 7 nitrogen and oxygen atoms in total. The zero-order valence-electron chi connectivity index (χ0n) is 11.2. The number of nitrogens with one attached hydrogen (secondary N) is 1. The SMILES string of the molecule is CNC(=O)CN(C)S(=O)(=O)N1C[C@H](C)O[C@@H](C)C1. The van der Waals surface area contributed by atoms with Crippen molar-refractivity contribution in [1.82, 2.24) is 13.9 Å². The Morgan fingerprint density at radius 2 is 1.89 bits per heavy atom. The van der Waals surface area contributed by atoms with Crippen LogP contribution in [0.4, 0.5) is 0 Å². The molecule has 1 heterocycles. The lowest BCUT2D eigenvalue weighted by atomic mass is 10.3. The average molecular weight is 279 g/mol. The minimum absolute atomic E-state index is 0.142. The van der Waals surface area contributed by atoms with E-state index in [1.807, 2.05) is 13.8 Å². The zero-order valence-corrected chi connectivity index (χ0v) is 12.0. The first-order chi connectivity index (χ1) is 8.27. The fraction of sp³-hybridized carbons (Fsp3) is 0.900. The molecule has 0 bridgehead atoms. The molecular formula is C10H21N3O4S. The molecule has 0 spiro atoms. The third-order valence-corrected chi connectivity index (χ3v) is 4.62. The maximum absolute atomic E-state index is 12.2. The van der Waals surface area contributed by atoms with Gasteiger partial charge in [-0.05, 0) is 13.8 Å². The molecule has 1 rings (SSSR count). The summed E-state index contributed by atoms with van der Waals surface area (Å²) >= 11 is 0. The predicted molar refractivity (Wildman–Crippen MR) is 67.2 cm³/mol. The van der Waals surface area contributed by atoms with Crippen molar-refractivity contribution >= 4 is 16.1 Å². The Hall–Kier alpha value is -0.700. The number of rotatable bonds is 4. The van der Waals surface area contributed by atoms with Gasteiger partial charge in [0.15, 0.2) is 0 Å². The summed E-state index contributed by atoms with van der Waals surface area (Å²) in [4.78, 5) is 11.2. The molecular weight excluding hydrogens is 258 g/mol. The molecule has 0 aromatic heterocycles. The van der Waals surface area contributed by atoms with Crippen LogP contribution in [0, 0.1) is 0 Å². The van der Waals surface area contributed by atoms with Gasteiger partial charge in [0.1, 0.15) is 0 Å². The lowest BCUT2D eigenvalue weighted by Gasteiger charge is -2.36. The minimum atomic E-state index is -3.61. The van der Waals surface area contributed by atoms with Gasteiger partial charge in [-0.15, -0.1) is 0 Å². The zero-order chi connectivity index (χ0) is 13.9. The van der Waals surface area contributed by atoms with E-state index in [4.69, 9.17) is 4.74 Å². The normalized spacial score (nSPS) is 26.3. The Balaban J connectivity index is 2.76. The first kappa shape index (κ1) is 15.4. The molecule has 1 N–H and O–H groups in total. The van der Waals surface area contributed by atoms with Crippen molar-refractivity contribution in [2.45, 2.75) is 26.1 Å². The summed E-state index contributed by atoms with van der Waals surface area (Å²) in [6.07, 6.45) is -0.283. The molecule has 1 amide bonds. The van der Waals surface area contributed by atoms with Gasteiger partial charge in [-0.25, -0.2) is 0 Å². The Morgan fingerprint density at radius 1 is 1.39 bits per heavy atom. The van der Waals surface area contributed by atoms with Gasteiger partial charge in [-0.1, -0.05) is 0 Å². The van der Waals surface area contributed by atoms with Crippen LogP contribution >= 0.6 is 0 Å². The van der Waals surface area contributed by atoms with Gasteiger partial charge < -0.3 is 10.1 Å². The third kappa shape index (κ3) is 3.64. The van der Waals surface area contributed by atoms with Crippen molar-refractivity contribution in [3.63, 3.8) is 0 Å². The second-order valence-electron chi connectivity index (χ2n) is 4.51. The molecule has 0 aromatic carbocycles. The highest BCUT2D eigenvalue weighted by Crippen LogP contribution is 2.16. The molecule has 0 aliphatic carbocycles. The van der Waals surface area contributed by atoms with Crippen LogP contribution in [0.1, 0.15) is 13.8 Å². The quantitative estimate of drug-likeness (QED) is 0.717. The topological polar surface area (TPSA) is 79.0 Å². The molecule has 1 aliphatic heterocycles. The lowest BCUT2D eigenvalue weighted by Crippen LogP contribution is -2.53. The van der Waals surface area contributed by atoms with Crippen molar-refractivity contribution in [3.05, 3.63) is 0 Å². The summed E-state index contributed by atoms with van der Waals surface area (Å²) in [5.41, 5.74) is 0. The molecule has 1 aliphatic rings. The number of amides is 1. The molecule has 0 radical (unpaired) electrons. The van der Waals surface area contributed by atoms with Crippen molar-refractivity contribution in [3.8, 4) is 0 Å². The second-order valence-corrected chi connectivity index (χ2v) is 6.55. The molecule has 2 atom stereocenters. The van der Waals surface area contributed by atoms with Crippen LogP contribution in [0.2, 0.25) is 0 Å². The number of ether oxygens (including phenoxy) is 1. The van der Waals surface area contributed by atoms with E-state index in [-0.39, 0.29) is 24.7 Å². The molecule has 106 valence electrons. The van der Waals surface area contributed by atoms with Crippen LogP contribution in [0.5, 0.6) is 0 Å². The van der Waals surface area contributed by atoms with E-state index in [0.29, 0.717) is 13.1 Å². The largest absolute Gasteiger partial charge is 0.373 e. The van der Waals surface area contributed by atoms with Gasteiger partial charge in [0.05, 0.1) is 18.8 Å². The standard InChI is InChI=1S/C10H21N3O4S/c1-8-5-13(6-9(2)17-8)18(15,16)12(4)7-10(14)11-3/h8-9H,5-7H2,1-4H3,(H,11,14)/t8-,9-/m0/s1.